The summed E-state index contributed by atoms with van der Waals surface area (Å²) in [5.74, 6) is -1.68. The highest BCUT2D eigenvalue weighted by atomic mass is 32.2. The number of benzene rings is 3. The molecule has 3 aromatic carbocycles. The Morgan fingerprint density at radius 1 is 0.947 bits per heavy atom. The number of carboxylic acids is 1. The lowest BCUT2D eigenvalue weighted by molar-refractivity contribution is -0.138. The average molecular weight is 541 g/mol. The molecular weight excluding hydrogens is 512 g/mol. The Morgan fingerprint density at radius 2 is 1.58 bits per heavy atom. The van der Waals surface area contributed by atoms with Crippen molar-refractivity contribution in [1.29, 1.82) is 0 Å². The zero-order valence-corrected chi connectivity index (χ0v) is 21.7. The third-order valence-corrected chi connectivity index (χ3v) is 7.65. The van der Waals surface area contributed by atoms with Gasteiger partial charge in [0.05, 0.1) is 20.0 Å². The lowest BCUT2D eigenvalue weighted by atomic mass is 9.98. The fourth-order valence-electron chi connectivity index (χ4n) is 4.42. The van der Waals surface area contributed by atoms with Gasteiger partial charge >= 0.3 is 12.1 Å². The first kappa shape index (κ1) is 27.0. The van der Waals surface area contributed by atoms with E-state index in [0.717, 1.165) is 22.3 Å². The molecule has 1 atom stereocenters. The molecule has 3 N–H and O–H groups in total. The number of carbonyl (C=O) groups excluding carboxylic acids is 1. The highest BCUT2D eigenvalue weighted by molar-refractivity contribution is 7.89. The number of carbonyl (C=O) groups is 2. The molecule has 0 radical (unpaired) electrons. The van der Waals surface area contributed by atoms with E-state index in [1.165, 1.54) is 14.2 Å². The van der Waals surface area contributed by atoms with Crippen LogP contribution in [0.5, 0.6) is 11.5 Å². The van der Waals surface area contributed by atoms with Crippen LogP contribution in [0.15, 0.2) is 66.7 Å². The van der Waals surface area contributed by atoms with Crippen molar-refractivity contribution in [3.8, 4) is 22.6 Å². The van der Waals surface area contributed by atoms with E-state index in [1.807, 2.05) is 48.5 Å². The Balaban J connectivity index is 1.37. The van der Waals surface area contributed by atoms with E-state index in [-0.39, 0.29) is 19.1 Å². The number of carboxylic acid groups (broad SMARTS) is 1. The van der Waals surface area contributed by atoms with Crippen LogP contribution in [0.25, 0.3) is 11.1 Å². The molecule has 0 fully saturated rings. The van der Waals surface area contributed by atoms with Crippen molar-refractivity contribution in [2.75, 3.05) is 26.6 Å². The molecular formula is C27H28N2O8S. The van der Waals surface area contributed by atoms with E-state index in [2.05, 4.69) is 10.0 Å². The van der Waals surface area contributed by atoms with Gasteiger partial charge in [-0.05, 0) is 28.3 Å². The maximum absolute atomic E-state index is 12.6. The largest absolute Gasteiger partial charge is 0.497 e. The minimum Gasteiger partial charge on any atom is -0.497 e. The Bertz CT molecular complexity index is 1390. The van der Waals surface area contributed by atoms with Crippen molar-refractivity contribution in [1.82, 2.24) is 10.0 Å². The second-order valence-corrected chi connectivity index (χ2v) is 10.5. The Morgan fingerprint density at radius 3 is 2.16 bits per heavy atom. The number of methoxy groups -OCH3 is 2. The topological polar surface area (TPSA) is 140 Å². The number of fused-ring (bicyclic) bond motifs is 3. The normalized spacial score (nSPS) is 13.2. The van der Waals surface area contributed by atoms with Gasteiger partial charge in [-0.3, -0.25) is 0 Å². The molecule has 1 amide bonds. The summed E-state index contributed by atoms with van der Waals surface area (Å²) in [5.41, 5.74) is 4.61. The summed E-state index contributed by atoms with van der Waals surface area (Å²) in [6.07, 6.45) is -1.02. The molecule has 0 aliphatic heterocycles. The molecule has 4 rings (SSSR count). The van der Waals surface area contributed by atoms with E-state index in [0.29, 0.717) is 17.1 Å². The van der Waals surface area contributed by atoms with Crippen LogP contribution in [0.4, 0.5) is 4.79 Å². The molecule has 0 saturated heterocycles. The predicted molar refractivity (Wildman–Crippen MR) is 140 cm³/mol. The molecule has 3 aromatic rings. The van der Waals surface area contributed by atoms with E-state index in [4.69, 9.17) is 14.2 Å². The molecule has 10 nitrogen and oxygen atoms in total. The predicted octanol–water partition coefficient (Wildman–Crippen LogP) is 3.12. The lowest BCUT2D eigenvalue weighted by Gasteiger charge is -2.18. The van der Waals surface area contributed by atoms with Crippen molar-refractivity contribution < 1.29 is 37.3 Å². The average Bonchev–Trinajstić information content (AvgIpc) is 3.23. The molecule has 0 unspecified atom stereocenters. The van der Waals surface area contributed by atoms with Crippen LogP contribution in [0.3, 0.4) is 0 Å². The van der Waals surface area contributed by atoms with Crippen molar-refractivity contribution in [3.63, 3.8) is 0 Å². The van der Waals surface area contributed by atoms with E-state index < -0.39 is 33.9 Å². The van der Waals surface area contributed by atoms with Crippen LogP contribution in [-0.4, -0.2) is 58.2 Å². The number of alkyl carbamates (subject to hydrolysis) is 1. The van der Waals surface area contributed by atoms with Crippen LogP contribution in [0.1, 0.15) is 22.6 Å². The van der Waals surface area contributed by atoms with Gasteiger partial charge in [0, 0.05) is 24.1 Å². The lowest BCUT2D eigenvalue weighted by Crippen LogP contribution is -2.47. The van der Waals surface area contributed by atoms with E-state index in [1.54, 1.807) is 18.2 Å². The molecule has 200 valence electrons. The van der Waals surface area contributed by atoms with E-state index in [9.17, 15) is 23.1 Å². The fraction of sp³-hybridized carbons (Fsp3) is 0.259. The monoisotopic (exact) mass is 540 g/mol. The van der Waals surface area contributed by atoms with E-state index >= 15 is 0 Å². The summed E-state index contributed by atoms with van der Waals surface area (Å²) in [6.45, 7) is -0.179. The van der Waals surface area contributed by atoms with Crippen molar-refractivity contribution in [3.05, 3.63) is 83.4 Å². The van der Waals surface area contributed by atoms with Gasteiger partial charge in [0.25, 0.3) is 0 Å². The van der Waals surface area contributed by atoms with Gasteiger partial charge in [0.2, 0.25) is 10.0 Å². The Labute approximate surface area is 220 Å². The fourth-order valence-corrected chi connectivity index (χ4v) is 5.58. The summed E-state index contributed by atoms with van der Waals surface area (Å²) in [7, 11) is -1.18. The van der Waals surface area contributed by atoms with Crippen LogP contribution in [0, 0.1) is 0 Å². The summed E-state index contributed by atoms with van der Waals surface area (Å²) in [6, 6.07) is 18.7. The molecule has 0 heterocycles. The summed E-state index contributed by atoms with van der Waals surface area (Å²) >= 11 is 0. The van der Waals surface area contributed by atoms with Crippen molar-refractivity contribution in [2.24, 2.45) is 0 Å². The first-order valence-corrected chi connectivity index (χ1v) is 13.4. The smallest absolute Gasteiger partial charge is 0.407 e. The number of hydrogen-bond acceptors (Lipinski definition) is 7. The quantitative estimate of drug-likeness (QED) is 0.337. The highest BCUT2D eigenvalue weighted by Crippen LogP contribution is 2.44. The molecule has 1 aliphatic carbocycles. The standard InChI is InChI=1S/C27H28N2O8S/c1-35-18-12-11-17(25(13-18)36-2)14-28-38(33,34)16-24(26(30)31)29-27(32)37-15-23-21-9-5-3-7-19(21)20-8-4-6-10-22(20)23/h3-13,23-24,28H,14-16H2,1-2H3,(H,29,32)(H,30,31)/t24-/m1/s1. The SMILES string of the molecule is COc1ccc(CNS(=O)(=O)C[C@@H](NC(=O)OCC2c3ccccc3-c3ccccc32)C(=O)O)c(OC)c1. The van der Waals surface area contributed by atoms with Crippen LogP contribution in [-0.2, 0) is 26.1 Å². The molecule has 0 bridgehead atoms. The van der Waals surface area contributed by atoms with Gasteiger partial charge in [-0.15, -0.1) is 0 Å². The zero-order valence-electron chi connectivity index (χ0n) is 20.8. The molecule has 0 spiro atoms. The number of aliphatic carboxylic acids is 1. The van der Waals surface area contributed by atoms with Crippen LogP contribution >= 0.6 is 0 Å². The number of sulfonamides is 1. The minimum absolute atomic E-state index is 0.0333. The number of nitrogens with one attached hydrogen (secondary N) is 2. The van der Waals surface area contributed by atoms with Crippen molar-refractivity contribution in [2.45, 2.75) is 18.5 Å². The Hall–Kier alpha value is -4.09. The summed E-state index contributed by atoms with van der Waals surface area (Å²) in [4.78, 5) is 24.3. The highest BCUT2D eigenvalue weighted by Gasteiger charge is 2.31. The van der Waals surface area contributed by atoms with Gasteiger partial charge < -0.3 is 24.6 Å². The maximum atomic E-state index is 12.6. The Kier molecular flexibility index (Phi) is 8.18. The molecule has 38 heavy (non-hydrogen) atoms. The number of ether oxygens (including phenoxy) is 3. The van der Waals surface area contributed by atoms with Gasteiger partial charge in [-0.25, -0.2) is 22.7 Å². The van der Waals surface area contributed by atoms with Crippen LogP contribution in [0.2, 0.25) is 0 Å². The van der Waals surface area contributed by atoms with Gasteiger partial charge in [-0.2, -0.15) is 0 Å². The molecule has 0 saturated carbocycles. The van der Waals surface area contributed by atoms with Crippen LogP contribution < -0.4 is 19.5 Å². The summed E-state index contributed by atoms with van der Waals surface area (Å²) < 4.78 is 43.3. The van der Waals surface area contributed by atoms with Gasteiger partial charge in [0.1, 0.15) is 24.1 Å². The third-order valence-electron chi connectivity index (χ3n) is 6.30. The first-order chi connectivity index (χ1) is 18.2. The minimum atomic E-state index is -4.11. The van der Waals surface area contributed by atoms with Crippen molar-refractivity contribution >= 4 is 22.1 Å². The first-order valence-electron chi connectivity index (χ1n) is 11.7. The molecule has 0 aromatic heterocycles. The number of rotatable bonds is 11. The summed E-state index contributed by atoms with van der Waals surface area (Å²) in [5, 5.41) is 11.7. The maximum Gasteiger partial charge on any atom is 0.407 e. The van der Waals surface area contributed by atoms with Gasteiger partial charge in [-0.1, -0.05) is 54.6 Å². The second kappa shape index (κ2) is 11.5. The van der Waals surface area contributed by atoms with Gasteiger partial charge in [0.15, 0.2) is 0 Å². The number of hydrogen-bond donors (Lipinski definition) is 3. The molecule has 11 heteroatoms. The third kappa shape index (κ3) is 6.06. The molecule has 1 aliphatic rings. The second-order valence-electron chi connectivity index (χ2n) is 8.64. The number of amides is 1. The zero-order chi connectivity index (χ0) is 27.3.